The highest BCUT2D eigenvalue weighted by atomic mass is 35.5. The van der Waals surface area contributed by atoms with Crippen molar-refractivity contribution in [3.05, 3.63) is 34.1 Å². The fraction of sp³-hybridized carbons (Fsp3) is 0.364. The molecule has 0 aromatic heterocycles. The van der Waals surface area contributed by atoms with Gasteiger partial charge in [-0.2, -0.15) is 4.99 Å². The normalized spacial score (nSPS) is 17.0. The first kappa shape index (κ1) is 10.3. The molecule has 0 unspecified atom stereocenters. The highest BCUT2D eigenvalue weighted by molar-refractivity contribution is 6.31. The molecule has 0 N–H and O–H groups in total. The first-order valence-electron chi connectivity index (χ1n) is 4.65. The number of isocyanates is 1. The third kappa shape index (κ3) is 1.58. The molecule has 1 aromatic rings. The number of hydrogen-bond donors (Lipinski definition) is 0. The Kier molecular flexibility index (Phi) is 2.37. The van der Waals surface area contributed by atoms with Crippen LogP contribution in [0.25, 0.3) is 0 Å². The van der Waals surface area contributed by atoms with Crippen LogP contribution in [-0.2, 0) is 10.3 Å². The van der Waals surface area contributed by atoms with E-state index in [4.69, 9.17) is 11.6 Å². The summed E-state index contributed by atoms with van der Waals surface area (Å²) in [4.78, 5) is 14.0. The van der Waals surface area contributed by atoms with Crippen molar-refractivity contribution in [3.63, 3.8) is 0 Å². The average molecular weight is 226 g/mol. The maximum Gasteiger partial charge on any atom is 0.235 e. The monoisotopic (exact) mass is 225 g/mol. The number of hydrogen-bond acceptors (Lipinski definition) is 2. The topological polar surface area (TPSA) is 29.4 Å². The first-order valence-corrected chi connectivity index (χ1v) is 5.03. The first-order chi connectivity index (χ1) is 7.10. The molecule has 1 aliphatic carbocycles. The van der Waals surface area contributed by atoms with Gasteiger partial charge in [-0.05, 0) is 25.3 Å². The Labute approximate surface area is 91.8 Å². The number of aryl methyl sites for hydroxylation is 1. The van der Waals surface area contributed by atoms with Crippen molar-refractivity contribution in [1.82, 2.24) is 0 Å². The SMILES string of the molecule is Cc1ccc(C2(N=C=O)CC2)c(Cl)c1F. The molecule has 0 spiro atoms. The molecule has 1 aliphatic rings. The second kappa shape index (κ2) is 3.44. The van der Waals surface area contributed by atoms with Crippen LogP contribution in [0.15, 0.2) is 17.1 Å². The lowest BCUT2D eigenvalue weighted by Crippen LogP contribution is -2.05. The largest absolute Gasteiger partial charge is 0.235 e. The summed E-state index contributed by atoms with van der Waals surface area (Å²) in [5.41, 5.74) is 0.484. The maximum atomic E-state index is 13.5. The van der Waals surface area contributed by atoms with E-state index in [0.717, 1.165) is 12.8 Å². The van der Waals surface area contributed by atoms with Crippen molar-refractivity contribution in [2.45, 2.75) is 25.3 Å². The van der Waals surface area contributed by atoms with E-state index >= 15 is 0 Å². The van der Waals surface area contributed by atoms with E-state index in [2.05, 4.69) is 4.99 Å². The summed E-state index contributed by atoms with van der Waals surface area (Å²) in [6.07, 6.45) is 2.98. The molecule has 0 radical (unpaired) electrons. The van der Waals surface area contributed by atoms with Gasteiger partial charge in [-0.1, -0.05) is 23.7 Å². The van der Waals surface area contributed by atoms with Crippen LogP contribution in [0.3, 0.4) is 0 Å². The molecule has 78 valence electrons. The summed E-state index contributed by atoms with van der Waals surface area (Å²) in [5.74, 6) is -0.429. The van der Waals surface area contributed by atoms with E-state index in [0.29, 0.717) is 11.1 Å². The molecule has 0 heterocycles. The summed E-state index contributed by atoms with van der Waals surface area (Å²) in [7, 11) is 0. The van der Waals surface area contributed by atoms with Gasteiger partial charge in [-0.15, -0.1) is 0 Å². The molecular weight excluding hydrogens is 217 g/mol. The molecule has 0 amide bonds. The predicted molar refractivity (Wildman–Crippen MR) is 55.2 cm³/mol. The van der Waals surface area contributed by atoms with Crippen molar-refractivity contribution in [2.75, 3.05) is 0 Å². The Hall–Kier alpha value is -1.18. The standard InChI is InChI=1S/C11H9ClFNO/c1-7-2-3-8(9(12)10(7)13)11(4-5-11)14-6-15/h2-3H,4-5H2,1H3. The minimum Gasteiger partial charge on any atom is -0.211 e. The zero-order chi connectivity index (χ0) is 11.1. The van der Waals surface area contributed by atoms with Crippen LogP contribution in [0.4, 0.5) is 4.39 Å². The molecular formula is C11H9ClFNO. The van der Waals surface area contributed by atoms with Gasteiger partial charge in [0, 0.05) is 5.56 Å². The van der Waals surface area contributed by atoms with Gasteiger partial charge in [0.1, 0.15) is 5.82 Å². The smallest absolute Gasteiger partial charge is 0.211 e. The predicted octanol–water partition coefficient (Wildman–Crippen LogP) is 3.11. The van der Waals surface area contributed by atoms with E-state index in [1.807, 2.05) is 0 Å². The minimum absolute atomic E-state index is 0.0755. The summed E-state index contributed by atoms with van der Waals surface area (Å²) < 4.78 is 13.5. The van der Waals surface area contributed by atoms with E-state index in [1.165, 1.54) is 6.08 Å². The van der Waals surface area contributed by atoms with Crippen LogP contribution in [0.1, 0.15) is 24.0 Å². The van der Waals surface area contributed by atoms with Crippen LogP contribution < -0.4 is 0 Å². The third-order valence-corrected chi connectivity index (χ3v) is 3.13. The molecule has 1 aromatic carbocycles. The van der Waals surface area contributed by atoms with Gasteiger partial charge in [-0.25, -0.2) is 9.18 Å². The summed E-state index contributed by atoms with van der Waals surface area (Å²) in [5, 5.41) is 0.0755. The Morgan fingerprint density at radius 2 is 2.20 bits per heavy atom. The molecule has 0 bridgehead atoms. The number of halogens is 2. The summed E-state index contributed by atoms with van der Waals surface area (Å²) in [6.45, 7) is 1.65. The summed E-state index contributed by atoms with van der Waals surface area (Å²) in [6, 6.07) is 3.38. The van der Waals surface area contributed by atoms with Crippen LogP contribution in [0.5, 0.6) is 0 Å². The van der Waals surface area contributed by atoms with Gasteiger partial charge in [0.25, 0.3) is 0 Å². The average Bonchev–Trinajstić information content (AvgIpc) is 2.96. The van der Waals surface area contributed by atoms with Gasteiger partial charge in [0.2, 0.25) is 6.08 Å². The Bertz CT molecular complexity index is 462. The van der Waals surface area contributed by atoms with Crippen molar-refractivity contribution >= 4 is 17.7 Å². The number of nitrogens with zero attached hydrogens (tertiary/aromatic N) is 1. The molecule has 0 atom stereocenters. The zero-order valence-corrected chi connectivity index (χ0v) is 8.94. The summed E-state index contributed by atoms with van der Waals surface area (Å²) >= 11 is 5.89. The Balaban J connectivity index is 2.55. The molecule has 0 saturated heterocycles. The maximum absolute atomic E-state index is 13.5. The van der Waals surface area contributed by atoms with Crippen molar-refractivity contribution in [1.29, 1.82) is 0 Å². The van der Waals surface area contributed by atoms with Crippen LogP contribution in [0, 0.1) is 12.7 Å². The van der Waals surface area contributed by atoms with Crippen LogP contribution >= 0.6 is 11.6 Å². The van der Waals surface area contributed by atoms with Crippen LogP contribution in [-0.4, -0.2) is 6.08 Å². The molecule has 0 aliphatic heterocycles. The van der Waals surface area contributed by atoms with Gasteiger partial charge in [-0.3, -0.25) is 0 Å². The molecule has 2 nitrogen and oxygen atoms in total. The highest BCUT2D eigenvalue weighted by Gasteiger charge is 2.46. The Morgan fingerprint density at radius 1 is 1.53 bits per heavy atom. The lowest BCUT2D eigenvalue weighted by atomic mass is 10.0. The lowest BCUT2D eigenvalue weighted by Gasteiger charge is -2.11. The molecule has 1 saturated carbocycles. The van der Waals surface area contributed by atoms with Crippen molar-refractivity contribution < 1.29 is 9.18 Å². The van der Waals surface area contributed by atoms with Crippen molar-refractivity contribution in [2.24, 2.45) is 4.99 Å². The zero-order valence-electron chi connectivity index (χ0n) is 8.18. The van der Waals surface area contributed by atoms with E-state index in [9.17, 15) is 9.18 Å². The highest BCUT2D eigenvalue weighted by Crippen LogP contribution is 2.51. The van der Waals surface area contributed by atoms with Gasteiger partial charge in [0.05, 0.1) is 10.6 Å². The molecule has 4 heteroatoms. The van der Waals surface area contributed by atoms with E-state index in [1.54, 1.807) is 19.1 Å². The number of rotatable bonds is 2. The number of benzene rings is 1. The molecule has 15 heavy (non-hydrogen) atoms. The molecule has 1 fully saturated rings. The second-order valence-electron chi connectivity index (χ2n) is 3.79. The van der Waals surface area contributed by atoms with Gasteiger partial charge < -0.3 is 0 Å². The quantitative estimate of drug-likeness (QED) is 0.562. The van der Waals surface area contributed by atoms with E-state index < -0.39 is 11.4 Å². The number of aliphatic imine (C=N–C) groups is 1. The lowest BCUT2D eigenvalue weighted by molar-refractivity contribution is 0.555. The van der Waals surface area contributed by atoms with E-state index in [-0.39, 0.29) is 5.02 Å². The second-order valence-corrected chi connectivity index (χ2v) is 4.17. The van der Waals surface area contributed by atoms with Gasteiger partial charge >= 0.3 is 0 Å². The fourth-order valence-corrected chi connectivity index (χ4v) is 2.04. The minimum atomic E-state index is -0.604. The fourth-order valence-electron chi connectivity index (χ4n) is 1.65. The third-order valence-electron chi connectivity index (χ3n) is 2.76. The number of carbonyl (C=O) groups excluding carboxylic acids is 1. The van der Waals surface area contributed by atoms with Crippen LogP contribution in [0.2, 0.25) is 5.02 Å². The Morgan fingerprint density at radius 3 is 2.73 bits per heavy atom. The molecule has 2 rings (SSSR count). The van der Waals surface area contributed by atoms with Gasteiger partial charge in [0.15, 0.2) is 0 Å². The van der Waals surface area contributed by atoms with Crippen molar-refractivity contribution in [3.8, 4) is 0 Å².